The lowest BCUT2D eigenvalue weighted by Crippen LogP contribution is -2.54. The zero-order chi connectivity index (χ0) is 14.1. The number of hydrogen-bond acceptors (Lipinski definition) is 1. The molecule has 7 heteroatoms. The Morgan fingerprint density at radius 1 is 1.06 bits per heavy atom. The van der Waals surface area contributed by atoms with Gasteiger partial charge in [-0.3, -0.25) is 4.79 Å². The van der Waals surface area contributed by atoms with Crippen molar-refractivity contribution in [2.75, 3.05) is 7.05 Å². The van der Waals surface area contributed by atoms with Gasteiger partial charge in [0.2, 0.25) is 0 Å². The van der Waals surface area contributed by atoms with Crippen LogP contribution in [0.25, 0.3) is 0 Å². The van der Waals surface area contributed by atoms with Crippen molar-refractivity contribution in [1.29, 1.82) is 0 Å². The first-order chi connectivity index (χ1) is 8.07. The summed E-state index contributed by atoms with van der Waals surface area (Å²) in [6.45, 7) is 1.99. The van der Waals surface area contributed by atoms with Gasteiger partial charge in [0, 0.05) is 13.1 Å². The van der Waals surface area contributed by atoms with Crippen LogP contribution in [-0.2, 0) is 4.79 Å². The fraction of sp³-hybridized carbons (Fsp3) is 0.909. The largest absolute Gasteiger partial charge is 0.463 e. The second kappa shape index (κ2) is 5.01. The Balaban J connectivity index is 2.72. The fourth-order valence-corrected chi connectivity index (χ4v) is 2.14. The van der Waals surface area contributed by atoms with E-state index in [0.29, 0.717) is 23.7 Å². The van der Waals surface area contributed by atoms with E-state index >= 15 is 0 Å². The van der Waals surface area contributed by atoms with E-state index in [1.54, 1.807) is 0 Å². The second-order valence-electron chi connectivity index (χ2n) is 4.90. The molecule has 0 aromatic carbocycles. The standard InChI is InChI=1S/C11H16F5NO/c1-7-3-5-8(6-4-7)17(2)9(18)10(12,13)11(14,15)16/h7-8H,3-6H2,1-2H3. The number of halogens is 5. The monoisotopic (exact) mass is 273 g/mol. The summed E-state index contributed by atoms with van der Waals surface area (Å²) in [6, 6.07) is -0.526. The van der Waals surface area contributed by atoms with Crippen molar-refractivity contribution >= 4 is 5.91 Å². The number of nitrogens with zero attached hydrogens (tertiary/aromatic N) is 1. The Labute approximate surface area is 102 Å². The van der Waals surface area contributed by atoms with Gasteiger partial charge in [-0.15, -0.1) is 0 Å². The number of rotatable bonds is 2. The Bertz CT molecular complexity index is 307. The van der Waals surface area contributed by atoms with E-state index in [4.69, 9.17) is 0 Å². The van der Waals surface area contributed by atoms with Crippen LogP contribution >= 0.6 is 0 Å². The molecule has 0 radical (unpaired) electrons. The molecule has 18 heavy (non-hydrogen) atoms. The fourth-order valence-electron chi connectivity index (χ4n) is 2.14. The first kappa shape index (κ1) is 15.2. The number of alkyl halides is 5. The number of hydrogen-bond donors (Lipinski definition) is 0. The van der Waals surface area contributed by atoms with Crippen LogP contribution in [0.3, 0.4) is 0 Å². The van der Waals surface area contributed by atoms with Gasteiger partial charge < -0.3 is 4.90 Å². The van der Waals surface area contributed by atoms with Crippen molar-refractivity contribution in [3.63, 3.8) is 0 Å². The minimum Gasteiger partial charge on any atom is -0.337 e. The normalized spacial score (nSPS) is 25.9. The first-order valence-corrected chi connectivity index (χ1v) is 5.79. The maximum absolute atomic E-state index is 12.9. The molecule has 2 nitrogen and oxygen atoms in total. The molecule has 0 N–H and O–H groups in total. The lowest BCUT2D eigenvalue weighted by atomic mass is 9.86. The molecule has 1 aliphatic rings. The average molecular weight is 273 g/mol. The molecule has 0 atom stereocenters. The summed E-state index contributed by atoms with van der Waals surface area (Å²) in [5.41, 5.74) is 0. The van der Waals surface area contributed by atoms with E-state index in [9.17, 15) is 26.7 Å². The SMILES string of the molecule is CC1CCC(N(C)C(=O)C(F)(F)C(F)(F)F)CC1. The Morgan fingerprint density at radius 3 is 1.89 bits per heavy atom. The van der Waals surface area contributed by atoms with Gasteiger partial charge in [-0.2, -0.15) is 22.0 Å². The van der Waals surface area contributed by atoms with Gasteiger partial charge in [-0.05, 0) is 31.6 Å². The zero-order valence-electron chi connectivity index (χ0n) is 10.2. The van der Waals surface area contributed by atoms with Gasteiger partial charge in [0.25, 0.3) is 0 Å². The summed E-state index contributed by atoms with van der Waals surface area (Å²) in [4.78, 5) is 11.8. The number of carbonyl (C=O) groups is 1. The van der Waals surface area contributed by atoms with Crippen molar-refractivity contribution in [3.05, 3.63) is 0 Å². The Hall–Kier alpha value is -0.880. The van der Waals surface area contributed by atoms with E-state index in [2.05, 4.69) is 0 Å². The minimum absolute atomic E-state index is 0.424. The minimum atomic E-state index is -5.83. The van der Waals surface area contributed by atoms with Crippen LogP contribution < -0.4 is 0 Å². The third-order valence-corrected chi connectivity index (χ3v) is 3.48. The highest BCUT2D eigenvalue weighted by Crippen LogP contribution is 2.38. The van der Waals surface area contributed by atoms with Crippen LogP contribution in [0.5, 0.6) is 0 Å². The zero-order valence-corrected chi connectivity index (χ0v) is 10.2. The molecule has 1 fully saturated rings. The van der Waals surface area contributed by atoms with Crippen molar-refractivity contribution < 1.29 is 26.7 Å². The van der Waals surface area contributed by atoms with Crippen LogP contribution in [0, 0.1) is 5.92 Å². The van der Waals surface area contributed by atoms with Crippen LogP contribution in [0.1, 0.15) is 32.6 Å². The maximum atomic E-state index is 12.9. The van der Waals surface area contributed by atoms with Crippen LogP contribution in [0.15, 0.2) is 0 Å². The molecule has 1 saturated carbocycles. The van der Waals surface area contributed by atoms with E-state index in [0.717, 1.165) is 19.9 Å². The summed E-state index contributed by atoms with van der Waals surface area (Å²) in [7, 11) is 1.02. The third kappa shape index (κ3) is 2.92. The third-order valence-electron chi connectivity index (χ3n) is 3.48. The maximum Gasteiger partial charge on any atom is 0.463 e. The quantitative estimate of drug-likeness (QED) is 0.707. The Morgan fingerprint density at radius 2 is 1.50 bits per heavy atom. The summed E-state index contributed by atoms with van der Waals surface area (Å²) < 4.78 is 62.0. The number of amides is 1. The molecule has 1 aliphatic carbocycles. The van der Waals surface area contributed by atoms with Crippen molar-refractivity contribution in [2.24, 2.45) is 5.92 Å². The predicted octanol–water partition coefficient (Wildman–Crippen LogP) is 3.22. The first-order valence-electron chi connectivity index (χ1n) is 5.79. The van der Waals surface area contributed by atoms with E-state index < -0.39 is 24.0 Å². The highest BCUT2D eigenvalue weighted by atomic mass is 19.4. The molecular weight excluding hydrogens is 257 g/mol. The van der Waals surface area contributed by atoms with E-state index in [1.165, 1.54) is 0 Å². The summed E-state index contributed by atoms with van der Waals surface area (Å²) in [6.07, 6.45) is -3.42. The number of carbonyl (C=O) groups excluding carboxylic acids is 1. The van der Waals surface area contributed by atoms with Crippen LogP contribution in [-0.4, -0.2) is 36.0 Å². The van der Waals surface area contributed by atoms with Gasteiger partial charge >= 0.3 is 18.0 Å². The smallest absolute Gasteiger partial charge is 0.337 e. The summed E-state index contributed by atoms with van der Waals surface area (Å²) in [5.74, 6) is -7.03. The van der Waals surface area contributed by atoms with Crippen molar-refractivity contribution in [2.45, 2.75) is 50.7 Å². The van der Waals surface area contributed by atoms with E-state index in [1.807, 2.05) is 6.92 Å². The summed E-state index contributed by atoms with van der Waals surface area (Å²) >= 11 is 0. The molecule has 106 valence electrons. The Kier molecular flexibility index (Phi) is 4.23. The van der Waals surface area contributed by atoms with Gasteiger partial charge in [0.1, 0.15) is 0 Å². The molecule has 0 unspecified atom stereocenters. The molecular formula is C11H16F5NO. The van der Waals surface area contributed by atoms with Crippen LogP contribution in [0.2, 0.25) is 0 Å². The molecule has 0 bridgehead atoms. The average Bonchev–Trinajstić information content (AvgIpc) is 2.26. The highest BCUT2D eigenvalue weighted by Gasteiger charge is 2.64. The van der Waals surface area contributed by atoms with Crippen molar-refractivity contribution in [1.82, 2.24) is 4.90 Å². The van der Waals surface area contributed by atoms with Crippen molar-refractivity contribution in [3.8, 4) is 0 Å². The van der Waals surface area contributed by atoms with Crippen LogP contribution in [0.4, 0.5) is 22.0 Å². The highest BCUT2D eigenvalue weighted by molar-refractivity contribution is 5.84. The van der Waals surface area contributed by atoms with Gasteiger partial charge in [0.05, 0.1) is 0 Å². The summed E-state index contributed by atoms with van der Waals surface area (Å²) in [5, 5.41) is 0. The molecule has 0 aromatic rings. The topological polar surface area (TPSA) is 20.3 Å². The molecule has 0 aromatic heterocycles. The molecule has 0 aliphatic heterocycles. The molecule has 1 amide bonds. The van der Waals surface area contributed by atoms with Gasteiger partial charge in [-0.1, -0.05) is 6.92 Å². The molecule has 0 heterocycles. The molecule has 1 rings (SSSR count). The van der Waals surface area contributed by atoms with Gasteiger partial charge in [0.15, 0.2) is 0 Å². The lowest BCUT2D eigenvalue weighted by Gasteiger charge is -2.35. The predicted molar refractivity (Wildman–Crippen MR) is 55.2 cm³/mol. The van der Waals surface area contributed by atoms with Gasteiger partial charge in [-0.25, -0.2) is 0 Å². The molecule has 0 spiro atoms. The van der Waals surface area contributed by atoms with E-state index in [-0.39, 0.29) is 0 Å². The lowest BCUT2D eigenvalue weighted by molar-refractivity contribution is -0.274. The second-order valence-corrected chi connectivity index (χ2v) is 4.90. The molecule has 0 saturated heterocycles.